The van der Waals surface area contributed by atoms with Gasteiger partial charge in [0.15, 0.2) is 0 Å². The molecule has 0 saturated heterocycles. The van der Waals surface area contributed by atoms with E-state index in [-0.39, 0.29) is 11.9 Å². The maximum atomic E-state index is 11.9. The zero-order valence-corrected chi connectivity index (χ0v) is 10.1. The second kappa shape index (κ2) is 5.17. The quantitative estimate of drug-likeness (QED) is 0.817. The molecule has 0 aliphatic heterocycles. The summed E-state index contributed by atoms with van der Waals surface area (Å²) in [5.41, 5.74) is 5.96. The molecular formula is C13H19N3O. The molecular weight excluding hydrogens is 214 g/mol. The van der Waals surface area contributed by atoms with E-state index in [0.717, 1.165) is 18.8 Å². The second-order valence-corrected chi connectivity index (χ2v) is 4.71. The third kappa shape index (κ3) is 3.44. The van der Waals surface area contributed by atoms with E-state index in [9.17, 15) is 4.79 Å². The van der Waals surface area contributed by atoms with Gasteiger partial charge in [0.1, 0.15) is 11.5 Å². The molecule has 1 amide bonds. The lowest BCUT2D eigenvalue weighted by Gasteiger charge is -2.16. The number of hydrogen-bond donors (Lipinski definition) is 2. The Morgan fingerprint density at radius 1 is 1.59 bits per heavy atom. The normalized spacial score (nSPS) is 16.5. The van der Waals surface area contributed by atoms with Crippen LogP contribution in [0.5, 0.6) is 0 Å². The number of carbonyl (C=O) groups is 1. The van der Waals surface area contributed by atoms with E-state index in [4.69, 9.17) is 5.73 Å². The van der Waals surface area contributed by atoms with Gasteiger partial charge >= 0.3 is 0 Å². The highest BCUT2D eigenvalue weighted by atomic mass is 16.1. The van der Waals surface area contributed by atoms with Gasteiger partial charge in [-0.25, -0.2) is 4.98 Å². The Hall–Kier alpha value is -1.58. The van der Waals surface area contributed by atoms with Crippen LogP contribution in [0.3, 0.4) is 0 Å². The molecule has 1 unspecified atom stereocenters. The van der Waals surface area contributed by atoms with Crippen LogP contribution >= 0.6 is 0 Å². The molecule has 1 aromatic rings. The van der Waals surface area contributed by atoms with Crippen LogP contribution < -0.4 is 11.1 Å². The number of amides is 1. The summed E-state index contributed by atoms with van der Waals surface area (Å²) in [4.78, 5) is 16.0. The highest BCUT2D eigenvalue weighted by Crippen LogP contribution is 2.34. The first-order valence-electron chi connectivity index (χ1n) is 6.22. The predicted molar refractivity (Wildman–Crippen MR) is 67.5 cm³/mol. The lowest BCUT2D eigenvalue weighted by atomic mass is 10.1. The first-order chi connectivity index (χ1) is 8.19. The van der Waals surface area contributed by atoms with Crippen LogP contribution in [0.25, 0.3) is 0 Å². The van der Waals surface area contributed by atoms with Gasteiger partial charge in [0.05, 0.1) is 0 Å². The van der Waals surface area contributed by atoms with Crippen LogP contribution in [0, 0.1) is 5.92 Å². The predicted octanol–water partition coefficient (Wildman–Crippen LogP) is 1.97. The fourth-order valence-electron chi connectivity index (χ4n) is 1.92. The Bertz CT molecular complexity index is 401. The van der Waals surface area contributed by atoms with Crippen LogP contribution in [-0.4, -0.2) is 16.9 Å². The topological polar surface area (TPSA) is 68.0 Å². The summed E-state index contributed by atoms with van der Waals surface area (Å²) in [5, 5.41) is 3.02. The van der Waals surface area contributed by atoms with Gasteiger partial charge in [0, 0.05) is 6.04 Å². The van der Waals surface area contributed by atoms with E-state index in [1.165, 1.54) is 12.8 Å². The Morgan fingerprint density at radius 2 is 2.35 bits per heavy atom. The van der Waals surface area contributed by atoms with Gasteiger partial charge in [-0.2, -0.15) is 0 Å². The molecule has 1 aliphatic rings. The first-order valence-corrected chi connectivity index (χ1v) is 6.22. The minimum Gasteiger partial charge on any atom is -0.384 e. The molecule has 0 bridgehead atoms. The van der Waals surface area contributed by atoms with Crippen LogP contribution in [0.2, 0.25) is 0 Å². The minimum absolute atomic E-state index is 0.121. The lowest BCUT2D eigenvalue weighted by molar-refractivity contribution is 0.0928. The van der Waals surface area contributed by atoms with Crippen molar-refractivity contribution in [2.45, 2.75) is 38.6 Å². The van der Waals surface area contributed by atoms with Gasteiger partial charge in [-0.15, -0.1) is 0 Å². The number of aromatic nitrogens is 1. The molecule has 92 valence electrons. The van der Waals surface area contributed by atoms with Crippen LogP contribution in [-0.2, 0) is 0 Å². The molecule has 1 aromatic heterocycles. The van der Waals surface area contributed by atoms with Crippen molar-refractivity contribution in [1.29, 1.82) is 0 Å². The highest BCUT2D eigenvalue weighted by Gasteiger charge is 2.25. The van der Waals surface area contributed by atoms with Crippen molar-refractivity contribution in [2.24, 2.45) is 5.92 Å². The summed E-state index contributed by atoms with van der Waals surface area (Å²) >= 11 is 0. The van der Waals surface area contributed by atoms with Crippen molar-refractivity contribution < 1.29 is 4.79 Å². The fourth-order valence-corrected chi connectivity index (χ4v) is 1.92. The Labute approximate surface area is 102 Å². The average molecular weight is 233 g/mol. The van der Waals surface area contributed by atoms with E-state index in [0.29, 0.717) is 11.5 Å². The van der Waals surface area contributed by atoms with Gasteiger partial charge in [0.2, 0.25) is 0 Å². The molecule has 0 aromatic carbocycles. The molecule has 1 saturated carbocycles. The number of anilines is 1. The van der Waals surface area contributed by atoms with Gasteiger partial charge in [0.25, 0.3) is 5.91 Å². The number of hydrogen-bond acceptors (Lipinski definition) is 3. The molecule has 1 fully saturated rings. The molecule has 4 nitrogen and oxygen atoms in total. The Morgan fingerprint density at radius 3 is 2.94 bits per heavy atom. The molecule has 2 rings (SSSR count). The molecule has 1 aliphatic carbocycles. The third-order valence-corrected chi connectivity index (χ3v) is 3.15. The highest BCUT2D eigenvalue weighted by molar-refractivity contribution is 5.92. The van der Waals surface area contributed by atoms with Gasteiger partial charge in [-0.3, -0.25) is 4.79 Å². The van der Waals surface area contributed by atoms with E-state index in [1.807, 2.05) is 0 Å². The van der Waals surface area contributed by atoms with Crippen molar-refractivity contribution in [3.8, 4) is 0 Å². The largest absolute Gasteiger partial charge is 0.384 e. The number of nitrogen functional groups attached to an aromatic ring is 1. The summed E-state index contributed by atoms with van der Waals surface area (Å²) in [6.07, 6.45) is 4.67. The number of nitrogens with two attached hydrogens (primary N) is 1. The molecule has 0 radical (unpaired) electrons. The molecule has 3 N–H and O–H groups in total. The van der Waals surface area contributed by atoms with Gasteiger partial charge < -0.3 is 11.1 Å². The molecule has 17 heavy (non-hydrogen) atoms. The number of rotatable bonds is 5. The van der Waals surface area contributed by atoms with Crippen LogP contribution in [0.4, 0.5) is 5.82 Å². The standard InChI is InChI=1S/C13H19N3O/c1-2-10(8-9-6-7-9)15-13(17)11-4-3-5-12(14)16-11/h3-5,9-10H,2,6-8H2,1H3,(H2,14,16)(H,15,17). The SMILES string of the molecule is CCC(CC1CC1)NC(=O)c1cccc(N)n1. The maximum absolute atomic E-state index is 11.9. The summed E-state index contributed by atoms with van der Waals surface area (Å²) in [5.74, 6) is 1.08. The van der Waals surface area contributed by atoms with Crippen molar-refractivity contribution in [1.82, 2.24) is 10.3 Å². The van der Waals surface area contributed by atoms with Gasteiger partial charge in [-0.1, -0.05) is 25.8 Å². The summed E-state index contributed by atoms with van der Waals surface area (Å²) in [7, 11) is 0. The smallest absolute Gasteiger partial charge is 0.270 e. The van der Waals surface area contributed by atoms with E-state index < -0.39 is 0 Å². The van der Waals surface area contributed by atoms with Crippen LogP contribution in [0.15, 0.2) is 18.2 Å². The first kappa shape index (κ1) is 11.9. The lowest BCUT2D eigenvalue weighted by Crippen LogP contribution is -2.35. The molecule has 4 heteroatoms. The number of carbonyl (C=O) groups excluding carboxylic acids is 1. The minimum atomic E-state index is -0.121. The van der Waals surface area contributed by atoms with Crippen LogP contribution in [0.1, 0.15) is 43.1 Å². The van der Waals surface area contributed by atoms with Crippen molar-refractivity contribution in [3.05, 3.63) is 23.9 Å². The molecule has 1 atom stereocenters. The van der Waals surface area contributed by atoms with Crippen molar-refractivity contribution >= 4 is 11.7 Å². The van der Waals surface area contributed by atoms with Gasteiger partial charge in [-0.05, 0) is 30.9 Å². The zero-order valence-electron chi connectivity index (χ0n) is 10.1. The molecule has 0 spiro atoms. The fraction of sp³-hybridized carbons (Fsp3) is 0.538. The number of nitrogens with zero attached hydrogens (tertiary/aromatic N) is 1. The van der Waals surface area contributed by atoms with E-state index in [2.05, 4.69) is 17.2 Å². The van der Waals surface area contributed by atoms with Crippen molar-refractivity contribution in [3.63, 3.8) is 0 Å². The monoisotopic (exact) mass is 233 g/mol. The average Bonchev–Trinajstić information content (AvgIpc) is 3.12. The second-order valence-electron chi connectivity index (χ2n) is 4.71. The maximum Gasteiger partial charge on any atom is 0.270 e. The summed E-state index contributed by atoms with van der Waals surface area (Å²) < 4.78 is 0. The summed E-state index contributed by atoms with van der Waals surface area (Å²) in [6, 6.07) is 5.38. The Kier molecular flexibility index (Phi) is 3.61. The van der Waals surface area contributed by atoms with Crippen molar-refractivity contribution in [2.75, 3.05) is 5.73 Å². The summed E-state index contributed by atoms with van der Waals surface area (Å²) in [6.45, 7) is 2.10. The zero-order chi connectivity index (χ0) is 12.3. The molecule has 1 heterocycles. The Balaban J connectivity index is 1.94. The third-order valence-electron chi connectivity index (χ3n) is 3.15. The van der Waals surface area contributed by atoms with E-state index in [1.54, 1.807) is 18.2 Å². The van der Waals surface area contributed by atoms with E-state index >= 15 is 0 Å². The number of nitrogens with one attached hydrogen (secondary N) is 1. The number of pyridine rings is 1.